The summed E-state index contributed by atoms with van der Waals surface area (Å²) in [6, 6.07) is 3.98. The Morgan fingerprint density at radius 1 is 1.21 bits per heavy atom. The third-order valence-corrected chi connectivity index (χ3v) is 6.56. The lowest BCUT2D eigenvalue weighted by Crippen LogP contribution is -2.35. The number of nitrogens with one attached hydrogen (secondary N) is 5. The molecule has 13 nitrogen and oxygen atoms in total. The fourth-order valence-corrected chi connectivity index (χ4v) is 4.43. The van der Waals surface area contributed by atoms with E-state index in [1.807, 2.05) is 33.2 Å². The minimum atomic E-state index is -0.485. The van der Waals surface area contributed by atoms with Gasteiger partial charge < -0.3 is 35.6 Å². The molecule has 2 aromatic heterocycles. The van der Waals surface area contributed by atoms with E-state index in [-0.39, 0.29) is 0 Å². The van der Waals surface area contributed by atoms with E-state index in [0.29, 0.717) is 18.3 Å². The Hall–Kier alpha value is -3.35. The van der Waals surface area contributed by atoms with Gasteiger partial charge in [-0.1, -0.05) is 0 Å². The van der Waals surface area contributed by atoms with E-state index in [0.717, 1.165) is 65.2 Å². The summed E-state index contributed by atoms with van der Waals surface area (Å²) in [5, 5.41) is 30.3. The molecule has 5 N–H and O–H groups in total. The molecule has 0 bridgehead atoms. The van der Waals surface area contributed by atoms with Crippen LogP contribution in [-0.4, -0.2) is 78.5 Å². The molecule has 0 aliphatic carbocycles. The highest BCUT2D eigenvalue weighted by atomic mass is 32.2. The molecule has 0 aromatic carbocycles. The SMILES string of the molecule is CN/C(=C/[N+](=O)[O-])NCCSCc1ccc(CN(C)C)o1.CN/C(=N/C#N)NCCSCc1nc[nH]c1C. The number of aromatic amines is 1. The molecule has 2 aromatic rings. The van der Waals surface area contributed by atoms with E-state index in [1.54, 1.807) is 50.1 Å². The Labute approximate surface area is 232 Å². The van der Waals surface area contributed by atoms with Crippen molar-refractivity contribution in [2.45, 2.75) is 25.0 Å². The molecule has 0 fully saturated rings. The van der Waals surface area contributed by atoms with Crippen molar-refractivity contribution in [3.8, 4) is 6.19 Å². The number of aromatic nitrogens is 2. The van der Waals surface area contributed by atoms with Gasteiger partial charge >= 0.3 is 0 Å². The lowest BCUT2D eigenvalue weighted by molar-refractivity contribution is -0.404. The van der Waals surface area contributed by atoms with Crippen molar-refractivity contribution in [3.63, 3.8) is 0 Å². The lowest BCUT2D eigenvalue weighted by atomic mass is 10.4. The molecule has 0 saturated carbocycles. The van der Waals surface area contributed by atoms with Crippen LogP contribution in [0.3, 0.4) is 0 Å². The third-order valence-electron chi connectivity index (χ3n) is 4.61. The Morgan fingerprint density at radius 2 is 1.89 bits per heavy atom. The van der Waals surface area contributed by atoms with Gasteiger partial charge in [-0.05, 0) is 33.2 Å². The molecule has 0 spiro atoms. The van der Waals surface area contributed by atoms with Crippen LogP contribution in [0.5, 0.6) is 0 Å². The van der Waals surface area contributed by atoms with Gasteiger partial charge in [-0.3, -0.25) is 10.1 Å². The van der Waals surface area contributed by atoms with Gasteiger partial charge in [-0.25, -0.2) is 4.98 Å². The molecule has 0 radical (unpaired) electrons. The lowest BCUT2D eigenvalue weighted by Gasteiger charge is -2.07. The maximum Gasteiger partial charge on any atom is 0.274 e. The van der Waals surface area contributed by atoms with E-state index in [4.69, 9.17) is 9.68 Å². The number of nitriles is 1. The second-order valence-electron chi connectivity index (χ2n) is 7.93. The van der Waals surface area contributed by atoms with E-state index >= 15 is 0 Å². The highest BCUT2D eigenvalue weighted by Crippen LogP contribution is 2.16. The minimum Gasteiger partial charge on any atom is -0.464 e. The van der Waals surface area contributed by atoms with Crippen LogP contribution < -0.4 is 21.3 Å². The molecular formula is C23H38N10O3S2. The largest absolute Gasteiger partial charge is 0.464 e. The van der Waals surface area contributed by atoms with Crippen LogP contribution >= 0.6 is 23.5 Å². The second-order valence-corrected chi connectivity index (χ2v) is 10.1. The van der Waals surface area contributed by atoms with Crippen LogP contribution in [-0.2, 0) is 18.1 Å². The van der Waals surface area contributed by atoms with Crippen molar-refractivity contribution in [2.24, 2.45) is 4.99 Å². The highest BCUT2D eigenvalue weighted by molar-refractivity contribution is 7.98. The van der Waals surface area contributed by atoms with Gasteiger partial charge in [0, 0.05) is 50.1 Å². The van der Waals surface area contributed by atoms with Gasteiger partial charge in [-0.15, -0.1) is 4.99 Å². The van der Waals surface area contributed by atoms with Crippen LogP contribution in [0.4, 0.5) is 0 Å². The number of aliphatic imine (C=N–C) groups is 1. The summed E-state index contributed by atoms with van der Waals surface area (Å²) in [4.78, 5) is 22.8. The van der Waals surface area contributed by atoms with E-state index in [1.165, 1.54) is 0 Å². The number of guanidine groups is 1. The first-order valence-electron chi connectivity index (χ1n) is 11.8. The monoisotopic (exact) mass is 566 g/mol. The molecule has 0 saturated heterocycles. The molecule has 0 aliphatic heterocycles. The van der Waals surface area contributed by atoms with Crippen molar-refractivity contribution in [1.82, 2.24) is 36.1 Å². The topological polar surface area (TPSA) is 172 Å². The van der Waals surface area contributed by atoms with Crippen molar-refractivity contribution in [1.29, 1.82) is 5.26 Å². The first kappa shape index (κ1) is 32.7. The molecule has 2 heterocycles. The zero-order valence-corrected chi connectivity index (χ0v) is 24.2. The van der Waals surface area contributed by atoms with Gasteiger partial charge in [-0.2, -0.15) is 28.8 Å². The van der Waals surface area contributed by atoms with Crippen LogP contribution in [0.1, 0.15) is 22.9 Å². The highest BCUT2D eigenvalue weighted by Gasteiger charge is 2.04. The number of imidazole rings is 1. The molecule has 2 rings (SSSR count). The van der Waals surface area contributed by atoms with Crippen LogP contribution in [0.15, 0.2) is 39.9 Å². The van der Waals surface area contributed by atoms with Gasteiger partial charge in [0.1, 0.15) is 11.5 Å². The fraction of sp³-hybridized carbons (Fsp3) is 0.522. The summed E-state index contributed by atoms with van der Waals surface area (Å²) < 4.78 is 5.70. The van der Waals surface area contributed by atoms with E-state index < -0.39 is 4.92 Å². The minimum absolute atomic E-state index is 0.409. The summed E-state index contributed by atoms with van der Waals surface area (Å²) in [7, 11) is 7.37. The van der Waals surface area contributed by atoms with Gasteiger partial charge in [0.2, 0.25) is 12.2 Å². The number of hydrogen-bond donors (Lipinski definition) is 5. The van der Waals surface area contributed by atoms with Crippen LogP contribution in [0.25, 0.3) is 0 Å². The zero-order chi connectivity index (χ0) is 28.2. The zero-order valence-electron chi connectivity index (χ0n) is 22.5. The van der Waals surface area contributed by atoms with E-state index in [9.17, 15) is 10.1 Å². The number of rotatable bonds is 15. The molecule has 38 heavy (non-hydrogen) atoms. The van der Waals surface area contributed by atoms with Crippen molar-refractivity contribution in [2.75, 3.05) is 52.8 Å². The average Bonchev–Trinajstić information content (AvgIpc) is 3.50. The molecular weight excluding hydrogens is 528 g/mol. The fourth-order valence-electron chi connectivity index (χ4n) is 2.81. The summed E-state index contributed by atoms with van der Waals surface area (Å²) in [5.41, 5.74) is 2.21. The van der Waals surface area contributed by atoms with Crippen molar-refractivity contribution >= 4 is 29.5 Å². The number of nitro groups is 1. The number of hydrogen-bond acceptors (Lipinski definition) is 11. The number of thioether (sulfide) groups is 2. The molecule has 0 atom stereocenters. The molecule has 0 amide bonds. The summed E-state index contributed by atoms with van der Waals surface area (Å²) in [6.45, 7) is 4.22. The summed E-state index contributed by atoms with van der Waals surface area (Å²) in [6.07, 6.45) is 4.36. The number of nitrogens with zero attached hydrogens (tertiary/aromatic N) is 5. The standard InChI is InChI=1S/C13H22N4O3S.C10H16N6S/c1-14-13(9-17(18)19)15-6-7-21-10-12-5-4-11(20-12)8-16(2)3;1-8-9(16-7-15-8)5-17-4-3-13-10(12-2)14-6-11/h4-5,9,14-15H,6-8,10H2,1-3H3;7H,3-5H2,1-2H3,(H,15,16)(H2,12,13,14)/b13-9-;. The smallest absolute Gasteiger partial charge is 0.274 e. The number of furan rings is 1. The van der Waals surface area contributed by atoms with Gasteiger partial charge in [0.05, 0.1) is 29.2 Å². The molecule has 0 unspecified atom stereocenters. The predicted octanol–water partition coefficient (Wildman–Crippen LogP) is 2.06. The quantitative estimate of drug-likeness (QED) is 0.0531. The third kappa shape index (κ3) is 15.0. The maximum absolute atomic E-state index is 10.3. The first-order chi connectivity index (χ1) is 18.3. The Morgan fingerprint density at radius 3 is 2.47 bits per heavy atom. The molecule has 0 aliphatic rings. The summed E-state index contributed by atoms with van der Waals surface area (Å²) in [5.74, 6) is 6.27. The normalized spacial score (nSPS) is 11.4. The number of aryl methyl sites for hydroxylation is 1. The van der Waals surface area contributed by atoms with Crippen molar-refractivity contribution in [3.05, 3.63) is 63.5 Å². The predicted molar refractivity (Wildman–Crippen MR) is 154 cm³/mol. The first-order valence-corrected chi connectivity index (χ1v) is 14.1. The van der Waals surface area contributed by atoms with Crippen LogP contribution in [0, 0.1) is 28.5 Å². The van der Waals surface area contributed by atoms with Crippen molar-refractivity contribution < 1.29 is 9.34 Å². The Kier molecular flexibility index (Phi) is 17.0. The van der Waals surface area contributed by atoms with Gasteiger partial charge in [0.15, 0.2) is 5.82 Å². The second kappa shape index (κ2) is 19.7. The molecule has 210 valence electrons. The molecule has 15 heteroatoms. The summed E-state index contributed by atoms with van der Waals surface area (Å²) >= 11 is 3.50. The maximum atomic E-state index is 10.3. The van der Waals surface area contributed by atoms with Crippen LogP contribution in [0.2, 0.25) is 0 Å². The van der Waals surface area contributed by atoms with Gasteiger partial charge in [0.25, 0.3) is 6.20 Å². The average molecular weight is 567 g/mol. The Bertz CT molecular complexity index is 1050. The van der Waals surface area contributed by atoms with E-state index in [2.05, 4.69) is 41.1 Å². The Balaban J connectivity index is 0.000000389. The number of H-pyrrole nitrogens is 1.